The lowest BCUT2D eigenvalue weighted by molar-refractivity contribution is -0.374. The highest BCUT2D eigenvalue weighted by Crippen LogP contribution is 2.33. The Hall–Kier alpha value is -3.44. The van der Waals surface area contributed by atoms with Crippen LogP contribution in [-0.4, -0.2) is 36.1 Å². The molecule has 0 aromatic heterocycles. The Labute approximate surface area is 183 Å². The van der Waals surface area contributed by atoms with Crippen LogP contribution in [0.3, 0.4) is 0 Å². The number of nitro groups is 1. The molecular formula is C26H28N2O3. The van der Waals surface area contributed by atoms with Crippen LogP contribution in [0.5, 0.6) is 5.75 Å². The molecule has 0 bridgehead atoms. The highest BCUT2D eigenvalue weighted by atomic mass is 16.6. The molecule has 31 heavy (non-hydrogen) atoms. The number of nitrogens with zero attached hydrogens (tertiary/aromatic N) is 2. The number of hydrogen-bond acceptors (Lipinski definition) is 4. The van der Waals surface area contributed by atoms with E-state index in [-0.39, 0.29) is 10.6 Å². The quantitative estimate of drug-likeness (QED) is 0.245. The predicted molar refractivity (Wildman–Crippen MR) is 126 cm³/mol. The first-order valence-corrected chi connectivity index (χ1v) is 10.6. The van der Waals surface area contributed by atoms with E-state index in [1.165, 1.54) is 0 Å². The molecule has 0 amide bonds. The van der Waals surface area contributed by atoms with Gasteiger partial charge < -0.3 is 9.64 Å². The Morgan fingerprint density at radius 3 is 1.84 bits per heavy atom. The third-order valence-corrected chi connectivity index (χ3v) is 5.24. The first kappa shape index (κ1) is 22.2. The van der Waals surface area contributed by atoms with Crippen LogP contribution >= 0.6 is 0 Å². The maximum absolute atomic E-state index is 12.1. The van der Waals surface area contributed by atoms with Crippen LogP contribution in [0.4, 0.5) is 0 Å². The van der Waals surface area contributed by atoms with Gasteiger partial charge in [-0.05, 0) is 48.5 Å². The van der Waals surface area contributed by atoms with E-state index >= 15 is 0 Å². The second kappa shape index (κ2) is 11.1. The van der Waals surface area contributed by atoms with E-state index in [9.17, 15) is 10.1 Å². The second-order valence-electron chi connectivity index (χ2n) is 7.11. The first-order valence-electron chi connectivity index (χ1n) is 10.6. The van der Waals surface area contributed by atoms with Crippen LogP contribution in [0.25, 0.3) is 11.3 Å². The third-order valence-electron chi connectivity index (χ3n) is 5.24. The number of benzene rings is 3. The Morgan fingerprint density at radius 2 is 1.32 bits per heavy atom. The largest absolute Gasteiger partial charge is 0.492 e. The van der Waals surface area contributed by atoms with Crippen LogP contribution in [-0.2, 0) is 0 Å². The van der Waals surface area contributed by atoms with Gasteiger partial charge in [0.25, 0.3) is 5.70 Å². The molecule has 3 aromatic carbocycles. The summed E-state index contributed by atoms with van der Waals surface area (Å²) in [5, 5.41) is 12.1. The van der Waals surface area contributed by atoms with Gasteiger partial charge in [0, 0.05) is 6.54 Å². The van der Waals surface area contributed by atoms with Crippen molar-refractivity contribution in [2.75, 3.05) is 26.2 Å². The van der Waals surface area contributed by atoms with Crippen molar-refractivity contribution in [3.63, 3.8) is 0 Å². The molecule has 0 aliphatic heterocycles. The van der Waals surface area contributed by atoms with Crippen molar-refractivity contribution in [3.05, 3.63) is 112 Å². The van der Waals surface area contributed by atoms with Gasteiger partial charge in [0.05, 0.1) is 16.1 Å². The summed E-state index contributed by atoms with van der Waals surface area (Å²) in [6, 6.07) is 26.0. The van der Waals surface area contributed by atoms with Gasteiger partial charge in [-0.2, -0.15) is 0 Å². The molecule has 0 unspecified atom stereocenters. The van der Waals surface area contributed by atoms with Gasteiger partial charge in [-0.3, -0.25) is 10.1 Å². The van der Waals surface area contributed by atoms with Gasteiger partial charge in [0.2, 0.25) is 0 Å². The minimum absolute atomic E-state index is 0.0852. The molecular weight excluding hydrogens is 388 g/mol. The van der Waals surface area contributed by atoms with Crippen LogP contribution in [0, 0.1) is 10.1 Å². The molecule has 0 aliphatic rings. The monoisotopic (exact) mass is 416 g/mol. The van der Waals surface area contributed by atoms with E-state index in [1.54, 1.807) is 12.1 Å². The molecule has 0 heterocycles. The summed E-state index contributed by atoms with van der Waals surface area (Å²) in [5.41, 5.74) is 2.82. The lowest BCUT2D eigenvalue weighted by Gasteiger charge is -2.18. The van der Waals surface area contributed by atoms with Crippen LogP contribution < -0.4 is 4.74 Å². The van der Waals surface area contributed by atoms with E-state index < -0.39 is 0 Å². The molecule has 5 heteroatoms. The zero-order chi connectivity index (χ0) is 22.1. The van der Waals surface area contributed by atoms with Crippen molar-refractivity contribution in [2.24, 2.45) is 0 Å². The van der Waals surface area contributed by atoms with Crippen molar-refractivity contribution in [3.8, 4) is 5.75 Å². The number of ether oxygens (including phenoxy) is 1. The molecule has 3 rings (SSSR count). The average Bonchev–Trinajstić information content (AvgIpc) is 2.81. The fourth-order valence-electron chi connectivity index (χ4n) is 3.53. The molecule has 5 nitrogen and oxygen atoms in total. The zero-order valence-corrected chi connectivity index (χ0v) is 18.0. The van der Waals surface area contributed by atoms with E-state index in [2.05, 4.69) is 18.7 Å². The fourth-order valence-corrected chi connectivity index (χ4v) is 3.53. The minimum atomic E-state index is -0.299. The van der Waals surface area contributed by atoms with Crippen LogP contribution in [0.1, 0.15) is 30.5 Å². The standard InChI is InChI=1S/C26H28N2O3/c1-3-27(4-2)19-20-31-24-17-15-22(16-18-24)25(21-11-7-5-8-12-21)26(28(29)30)23-13-9-6-10-14-23/h5-18H,3-4,19-20H2,1-2H3. The molecule has 0 saturated heterocycles. The summed E-state index contributed by atoms with van der Waals surface area (Å²) in [4.78, 5) is 14.1. The zero-order valence-electron chi connectivity index (χ0n) is 18.0. The van der Waals surface area contributed by atoms with E-state index in [1.807, 2.05) is 72.8 Å². The van der Waals surface area contributed by atoms with Gasteiger partial charge in [0.15, 0.2) is 0 Å². The summed E-state index contributed by atoms with van der Waals surface area (Å²) < 4.78 is 5.88. The van der Waals surface area contributed by atoms with Gasteiger partial charge in [-0.1, -0.05) is 74.5 Å². The highest BCUT2D eigenvalue weighted by molar-refractivity contribution is 5.95. The first-order chi connectivity index (χ1) is 15.1. The van der Waals surface area contributed by atoms with Gasteiger partial charge in [-0.15, -0.1) is 0 Å². The van der Waals surface area contributed by atoms with Crippen molar-refractivity contribution in [2.45, 2.75) is 13.8 Å². The summed E-state index contributed by atoms with van der Waals surface area (Å²) in [6.45, 7) is 7.72. The van der Waals surface area contributed by atoms with E-state index in [0.717, 1.165) is 36.5 Å². The second-order valence-corrected chi connectivity index (χ2v) is 7.11. The van der Waals surface area contributed by atoms with Crippen molar-refractivity contribution < 1.29 is 9.66 Å². The Balaban J connectivity index is 1.97. The summed E-state index contributed by atoms with van der Waals surface area (Å²) in [7, 11) is 0. The van der Waals surface area contributed by atoms with Crippen LogP contribution in [0.15, 0.2) is 84.9 Å². The molecule has 3 aromatic rings. The topological polar surface area (TPSA) is 55.6 Å². The molecule has 0 N–H and O–H groups in total. The molecule has 160 valence electrons. The SMILES string of the molecule is CCN(CC)CCOc1ccc(C(=C(c2ccccc2)[N+](=O)[O-])c2ccccc2)cc1. The molecule has 0 atom stereocenters. The van der Waals surface area contributed by atoms with Crippen molar-refractivity contribution >= 4 is 11.3 Å². The van der Waals surface area contributed by atoms with Crippen molar-refractivity contribution in [1.29, 1.82) is 0 Å². The lowest BCUT2D eigenvalue weighted by Crippen LogP contribution is -2.27. The van der Waals surface area contributed by atoms with Crippen molar-refractivity contribution in [1.82, 2.24) is 4.90 Å². The molecule has 0 spiro atoms. The van der Waals surface area contributed by atoms with E-state index in [4.69, 9.17) is 4.74 Å². The smallest absolute Gasteiger partial charge is 0.284 e. The molecule has 0 saturated carbocycles. The van der Waals surface area contributed by atoms with Gasteiger partial charge >= 0.3 is 0 Å². The molecule has 0 radical (unpaired) electrons. The Kier molecular flexibility index (Phi) is 7.96. The van der Waals surface area contributed by atoms with Crippen LogP contribution in [0.2, 0.25) is 0 Å². The Morgan fingerprint density at radius 1 is 0.806 bits per heavy atom. The number of rotatable bonds is 10. The highest BCUT2D eigenvalue weighted by Gasteiger charge is 2.23. The van der Waals surface area contributed by atoms with E-state index in [0.29, 0.717) is 17.7 Å². The lowest BCUT2D eigenvalue weighted by atomic mass is 9.93. The fraction of sp³-hybridized carbons (Fsp3) is 0.231. The summed E-state index contributed by atoms with van der Waals surface area (Å²) >= 11 is 0. The average molecular weight is 417 g/mol. The Bertz CT molecular complexity index is 996. The third kappa shape index (κ3) is 5.80. The van der Waals surface area contributed by atoms with Gasteiger partial charge in [0.1, 0.15) is 12.4 Å². The van der Waals surface area contributed by atoms with Gasteiger partial charge in [-0.25, -0.2) is 0 Å². The molecule has 0 fully saturated rings. The normalized spacial score (nSPS) is 11.8. The maximum Gasteiger partial charge on any atom is 0.284 e. The maximum atomic E-state index is 12.1. The summed E-state index contributed by atoms with van der Waals surface area (Å²) in [5.74, 6) is 0.755. The predicted octanol–water partition coefficient (Wildman–Crippen LogP) is 5.60. The summed E-state index contributed by atoms with van der Waals surface area (Å²) in [6.07, 6.45) is 0. The molecule has 0 aliphatic carbocycles. The number of likely N-dealkylation sites (N-methyl/N-ethyl adjacent to an activating group) is 1. The number of hydrogen-bond donors (Lipinski definition) is 0. The minimum Gasteiger partial charge on any atom is -0.492 e.